The summed E-state index contributed by atoms with van der Waals surface area (Å²) in [7, 11) is 0. The van der Waals surface area contributed by atoms with Gasteiger partial charge in [0.15, 0.2) is 0 Å². The van der Waals surface area contributed by atoms with Crippen molar-refractivity contribution in [3.8, 4) is 0 Å². The maximum Gasteiger partial charge on any atom is 0.0739 e. The Labute approximate surface area is 150 Å². The summed E-state index contributed by atoms with van der Waals surface area (Å²) in [5.74, 6) is 0. The number of hydrogen-bond donors (Lipinski definition) is 3. The summed E-state index contributed by atoms with van der Waals surface area (Å²) in [4.78, 5) is 8.59. The van der Waals surface area contributed by atoms with E-state index in [0.29, 0.717) is 0 Å². The van der Waals surface area contributed by atoms with E-state index in [1.807, 2.05) is 12.1 Å². The number of rotatable bonds is 3. The minimum atomic E-state index is 0.265. The molecule has 0 radical (unpaired) electrons. The van der Waals surface area contributed by atoms with E-state index < -0.39 is 0 Å². The van der Waals surface area contributed by atoms with E-state index in [2.05, 4.69) is 61.7 Å². The van der Waals surface area contributed by atoms with Gasteiger partial charge < -0.3 is 16.0 Å². The summed E-state index contributed by atoms with van der Waals surface area (Å²) >= 11 is 4.63. The molecule has 1 aliphatic rings. The summed E-state index contributed by atoms with van der Waals surface area (Å²) in [6, 6.07) is 8.41. The van der Waals surface area contributed by atoms with Crippen LogP contribution in [0.4, 0.5) is 5.69 Å². The Hall–Kier alpha value is -1.43. The lowest BCUT2D eigenvalue weighted by molar-refractivity contribution is 0.548. The fraction of sp³-hybridized carbons (Fsp3) is 0.556. The predicted octanol–water partition coefficient (Wildman–Crippen LogP) is 1.97. The van der Waals surface area contributed by atoms with E-state index in [1.165, 1.54) is 5.56 Å². The molecule has 1 unspecified atom stereocenters. The molecule has 0 fully saturated rings. The lowest BCUT2D eigenvalue weighted by Crippen LogP contribution is -2.36. The molecule has 24 heavy (non-hydrogen) atoms. The summed E-state index contributed by atoms with van der Waals surface area (Å²) in [6.07, 6.45) is 5.19. The van der Waals surface area contributed by atoms with Crippen molar-refractivity contribution in [2.24, 2.45) is 9.98 Å². The number of thiocarbonyl (C=S) groups is 1. The number of aliphatic imine (C=N–C) groups is 2. The molecule has 5 nitrogen and oxygen atoms in total. The topological polar surface area (TPSA) is 60.8 Å². The zero-order valence-electron chi connectivity index (χ0n) is 14.1. The lowest BCUT2D eigenvalue weighted by atomic mass is 10.1. The van der Waals surface area contributed by atoms with Crippen LogP contribution in [-0.4, -0.2) is 56.7 Å². The van der Waals surface area contributed by atoms with Gasteiger partial charge >= 0.3 is 0 Å². The summed E-state index contributed by atoms with van der Waals surface area (Å²) in [5, 5.41) is 12.9. The molecular formula is C18H27N5S. The van der Waals surface area contributed by atoms with Crippen LogP contribution in [0.2, 0.25) is 0 Å². The van der Waals surface area contributed by atoms with Crippen LogP contribution in [0.25, 0.3) is 0 Å². The Morgan fingerprint density at radius 1 is 1.04 bits per heavy atom. The van der Waals surface area contributed by atoms with Gasteiger partial charge in [-0.15, -0.1) is 0 Å². The molecule has 1 aromatic rings. The van der Waals surface area contributed by atoms with Crippen molar-refractivity contribution in [3.63, 3.8) is 0 Å². The summed E-state index contributed by atoms with van der Waals surface area (Å²) < 4.78 is 0. The number of hydrogen-bond acceptors (Lipinski definition) is 6. The zero-order valence-corrected chi connectivity index (χ0v) is 14.9. The van der Waals surface area contributed by atoms with Crippen LogP contribution >= 0.6 is 12.2 Å². The highest BCUT2D eigenvalue weighted by Gasteiger charge is 2.07. The van der Waals surface area contributed by atoms with Gasteiger partial charge in [-0.2, -0.15) is 4.99 Å². The highest BCUT2D eigenvalue weighted by Crippen LogP contribution is 2.13. The fourth-order valence-corrected chi connectivity index (χ4v) is 2.72. The second kappa shape index (κ2) is 12.0. The standard InChI is InChI=1S/C18H27N5S/c24-15-23-17-5-3-16(4-6-17)13-18-14-21-9-1-7-19-11-12-20-8-2-10-22-18/h3-6,14,18-20,22H,1-2,7-13H2. The Bertz CT molecular complexity index is 537. The van der Waals surface area contributed by atoms with Crippen LogP contribution in [0.15, 0.2) is 34.3 Å². The number of benzene rings is 1. The van der Waals surface area contributed by atoms with E-state index in [-0.39, 0.29) is 6.04 Å². The molecule has 2 rings (SSSR count). The molecule has 0 saturated carbocycles. The van der Waals surface area contributed by atoms with Crippen molar-refractivity contribution in [3.05, 3.63) is 29.8 Å². The fourth-order valence-electron chi connectivity index (χ4n) is 2.62. The van der Waals surface area contributed by atoms with Gasteiger partial charge in [-0.3, -0.25) is 4.99 Å². The smallest absolute Gasteiger partial charge is 0.0739 e. The maximum absolute atomic E-state index is 4.63. The zero-order chi connectivity index (χ0) is 16.9. The number of isothiocyanates is 1. The molecule has 1 heterocycles. The van der Waals surface area contributed by atoms with Crippen molar-refractivity contribution < 1.29 is 0 Å². The molecule has 3 N–H and O–H groups in total. The Kier molecular flexibility index (Phi) is 9.46. The molecule has 1 aliphatic heterocycles. The van der Waals surface area contributed by atoms with Gasteiger partial charge in [0.1, 0.15) is 0 Å². The minimum Gasteiger partial charge on any atom is -0.315 e. The van der Waals surface area contributed by atoms with E-state index in [0.717, 1.165) is 64.2 Å². The Balaban J connectivity index is 1.91. The van der Waals surface area contributed by atoms with Gasteiger partial charge in [-0.05, 0) is 68.8 Å². The van der Waals surface area contributed by atoms with Gasteiger partial charge in [0.2, 0.25) is 0 Å². The summed E-state index contributed by atoms with van der Waals surface area (Å²) in [6.45, 7) is 6.00. The average molecular weight is 346 g/mol. The van der Waals surface area contributed by atoms with Gasteiger partial charge in [0.05, 0.1) is 10.8 Å². The van der Waals surface area contributed by atoms with Crippen LogP contribution in [0.3, 0.4) is 0 Å². The van der Waals surface area contributed by atoms with Gasteiger partial charge in [-0.25, -0.2) is 0 Å². The quantitative estimate of drug-likeness (QED) is 0.579. The van der Waals surface area contributed by atoms with Crippen LogP contribution in [0, 0.1) is 0 Å². The molecule has 0 aromatic heterocycles. The molecule has 1 atom stereocenters. The first-order valence-electron chi connectivity index (χ1n) is 8.70. The molecule has 6 heteroatoms. The first kappa shape index (κ1) is 18.9. The third kappa shape index (κ3) is 7.90. The monoisotopic (exact) mass is 345 g/mol. The van der Waals surface area contributed by atoms with Crippen LogP contribution in [0.1, 0.15) is 18.4 Å². The molecule has 0 spiro atoms. The van der Waals surface area contributed by atoms with Crippen LogP contribution in [0.5, 0.6) is 0 Å². The van der Waals surface area contributed by atoms with E-state index in [1.54, 1.807) is 0 Å². The van der Waals surface area contributed by atoms with Crippen molar-refractivity contribution in [2.75, 3.05) is 39.3 Å². The highest BCUT2D eigenvalue weighted by molar-refractivity contribution is 7.78. The molecule has 0 amide bonds. The Morgan fingerprint density at radius 3 is 2.54 bits per heavy atom. The number of nitrogens with zero attached hydrogens (tertiary/aromatic N) is 2. The minimum absolute atomic E-state index is 0.265. The van der Waals surface area contributed by atoms with E-state index in [9.17, 15) is 0 Å². The molecule has 0 bridgehead atoms. The lowest BCUT2D eigenvalue weighted by Gasteiger charge is -2.16. The van der Waals surface area contributed by atoms with Gasteiger partial charge in [0, 0.05) is 31.9 Å². The van der Waals surface area contributed by atoms with Crippen molar-refractivity contribution in [1.29, 1.82) is 0 Å². The molecule has 1 aromatic carbocycles. The normalized spacial score (nSPS) is 20.8. The average Bonchev–Trinajstić information content (AvgIpc) is 2.60. The highest BCUT2D eigenvalue weighted by atomic mass is 32.1. The predicted molar refractivity (Wildman–Crippen MR) is 105 cm³/mol. The third-order valence-electron chi connectivity index (χ3n) is 3.91. The van der Waals surface area contributed by atoms with Crippen molar-refractivity contribution >= 4 is 29.3 Å². The maximum atomic E-state index is 4.63. The van der Waals surface area contributed by atoms with E-state index >= 15 is 0 Å². The van der Waals surface area contributed by atoms with Crippen molar-refractivity contribution in [2.45, 2.75) is 25.3 Å². The number of nitrogens with one attached hydrogen (secondary N) is 3. The second-order valence-corrected chi connectivity index (χ2v) is 6.08. The largest absolute Gasteiger partial charge is 0.315 e. The van der Waals surface area contributed by atoms with Crippen LogP contribution in [-0.2, 0) is 6.42 Å². The first-order chi connectivity index (χ1) is 11.9. The first-order valence-corrected chi connectivity index (χ1v) is 9.11. The summed E-state index contributed by atoms with van der Waals surface area (Å²) in [5.41, 5.74) is 2.11. The van der Waals surface area contributed by atoms with E-state index in [4.69, 9.17) is 0 Å². The van der Waals surface area contributed by atoms with Crippen molar-refractivity contribution in [1.82, 2.24) is 16.0 Å². The van der Waals surface area contributed by atoms with Gasteiger partial charge in [-0.1, -0.05) is 12.1 Å². The third-order valence-corrected chi connectivity index (χ3v) is 4.00. The van der Waals surface area contributed by atoms with Crippen LogP contribution < -0.4 is 16.0 Å². The molecule has 0 aliphatic carbocycles. The molecule has 130 valence electrons. The SMILES string of the molecule is S=C=Nc1ccc(CC2C=NCCCNCCNCCCN2)cc1. The molecule has 0 saturated heterocycles. The van der Waals surface area contributed by atoms with Gasteiger partial charge in [0.25, 0.3) is 0 Å². The molecular weight excluding hydrogens is 318 g/mol. The Morgan fingerprint density at radius 2 is 1.79 bits per heavy atom. The second-order valence-electron chi connectivity index (χ2n) is 5.90.